The van der Waals surface area contributed by atoms with Gasteiger partial charge in [0, 0.05) is 37.2 Å². The smallest absolute Gasteiger partial charge is 0.0456 e. The zero-order valence-electron chi connectivity index (χ0n) is 13.2. The van der Waals surface area contributed by atoms with Gasteiger partial charge in [0.05, 0.1) is 0 Å². The fraction of sp³-hybridized carbons (Fsp3) is 0.647. The minimum Gasteiger partial charge on any atom is -0.314 e. The van der Waals surface area contributed by atoms with E-state index in [-0.39, 0.29) is 24.8 Å². The van der Waals surface area contributed by atoms with Crippen molar-refractivity contribution in [3.63, 3.8) is 0 Å². The molecule has 1 N–H and O–H groups in total. The number of piperazine rings is 1. The molecule has 1 saturated heterocycles. The number of rotatable bonds is 3. The van der Waals surface area contributed by atoms with E-state index in [0.29, 0.717) is 6.04 Å². The highest BCUT2D eigenvalue weighted by Crippen LogP contribution is 2.43. The van der Waals surface area contributed by atoms with Gasteiger partial charge in [0.15, 0.2) is 0 Å². The molecule has 3 rings (SSSR count). The molecule has 0 spiro atoms. The summed E-state index contributed by atoms with van der Waals surface area (Å²) in [6.45, 7) is 6.71. The average Bonchev–Trinajstić information content (AvgIpc) is 2.98. The highest BCUT2D eigenvalue weighted by molar-refractivity contribution is 6.31. The topological polar surface area (TPSA) is 15.3 Å². The lowest BCUT2D eigenvalue weighted by Crippen LogP contribution is -2.47. The summed E-state index contributed by atoms with van der Waals surface area (Å²) in [7, 11) is 0. The number of hydrogen-bond acceptors (Lipinski definition) is 2. The molecule has 0 bridgehead atoms. The van der Waals surface area contributed by atoms with E-state index >= 15 is 0 Å². The molecule has 1 heterocycles. The zero-order chi connectivity index (χ0) is 13.9. The molecular weight excluding hydrogens is 339 g/mol. The standard InChI is InChI=1S/C17H25ClN2.2ClH/c1-13-5-4-8-15(18)16(13)17(14-6-2-3-7-14)20-11-9-19-10-12-20;;/h4-5,8,14,17,19H,2-3,6-7,9-12H2,1H3;2*1H/t17-;;/m1../s1. The van der Waals surface area contributed by atoms with E-state index in [2.05, 4.69) is 35.3 Å². The van der Waals surface area contributed by atoms with Crippen LogP contribution in [0.5, 0.6) is 0 Å². The molecule has 0 unspecified atom stereocenters. The molecule has 1 aromatic carbocycles. The third-order valence-electron chi connectivity index (χ3n) is 4.96. The number of benzene rings is 1. The number of nitrogens with one attached hydrogen (secondary N) is 1. The van der Waals surface area contributed by atoms with E-state index in [1.165, 1.54) is 36.8 Å². The van der Waals surface area contributed by atoms with Crippen LogP contribution in [-0.2, 0) is 0 Å². The average molecular weight is 366 g/mol. The van der Waals surface area contributed by atoms with Crippen LogP contribution in [0.4, 0.5) is 0 Å². The quantitative estimate of drug-likeness (QED) is 0.840. The Balaban J connectivity index is 0.00000121. The first-order chi connectivity index (χ1) is 9.77. The Bertz CT molecular complexity index is 435. The van der Waals surface area contributed by atoms with Gasteiger partial charge in [-0.2, -0.15) is 0 Å². The highest BCUT2D eigenvalue weighted by atomic mass is 35.5. The number of hydrogen-bond donors (Lipinski definition) is 1. The van der Waals surface area contributed by atoms with E-state index < -0.39 is 0 Å². The van der Waals surface area contributed by atoms with Crippen LogP contribution in [-0.4, -0.2) is 31.1 Å². The fourth-order valence-corrected chi connectivity index (χ4v) is 4.30. The van der Waals surface area contributed by atoms with Gasteiger partial charge in [-0.1, -0.05) is 36.6 Å². The normalized spacial score (nSPS) is 21.0. The van der Waals surface area contributed by atoms with Crippen LogP contribution in [0, 0.1) is 12.8 Å². The predicted molar refractivity (Wildman–Crippen MR) is 99.8 cm³/mol. The molecule has 1 atom stereocenters. The summed E-state index contributed by atoms with van der Waals surface area (Å²) in [5, 5.41) is 4.42. The maximum absolute atomic E-state index is 6.58. The largest absolute Gasteiger partial charge is 0.314 e. The Labute approximate surface area is 151 Å². The molecule has 0 amide bonds. The first-order valence-electron chi connectivity index (χ1n) is 7.97. The van der Waals surface area contributed by atoms with Crippen molar-refractivity contribution in [3.05, 3.63) is 34.3 Å². The maximum Gasteiger partial charge on any atom is 0.0456 e. The third kappa shape index (κ3) is 4.30. The Morgan fingerprint density at radius 3 is 2.36 bits per heavy atom. The second kappa shape index (κ2) is 9.34. The third-order valence-corrected chi connectivity index (χ3v) is 5.29. The number of halogens is 3. The number of nitrogens with zero attached hydrogens (tertiary/aromatic N) is 1. The zero-order valence-corrected chi connectivity index (χ0v) is 15.6. The van der Waals surface area contributed by atoms with Gasteiger partial charge in [-0.25, -0.2) is 0 Å². The van der Waals surface area contributed by atoms with Crippen molar-refractivity contribution in [3.8, 4) is 0 Å². The second-order valence-corrected chi connectivity index (χ2v) is 6.65. The van der Waals surface area contributed by atoms with Crippen molar-refractivity contribution in [2.24, 2.45) is 5.92 Å². The summed E-state index contributed by atoms with van der Waals surface area (Å²) in [4.78, 5) is 2.67. The van der Waals surface area contributed by atoms with Gasteiger partial charge in [0.2, 0.25) is 0 Å². The lowest BCUT2D eigenvalue weighted by atomic mass is 9.87. The van der Waals surface area contributed by atoms with Crippen molar-refractivity contribution in [2.75, 3.05) is 26.2 Å². The van der Waals surface area contributed by atoms with Crippen molar-refractivity contribution < 1.29 is 0 Å². The molecule has 0 aromatic heterocycles. The van der Waals surface area contributed by atoms with Gasteiger partial charge < -0.3 is 5.32 Å². The van der Waals surface area contributed by atoms with Crippen LogP contribution in [0.15, 0.2) is 18.2 Å². The van der Waals surface area contributed by atoms with Crippen LogP contribution in [0.2, 0.25) is 5.02 Å². The van der Waals surface area contributed by atoms with E-state index in [9.17, 15) is 0 Å². The molecule has 22 heavy (non-hydrogen) atoms. The van der Waals surface area contributed by atoms with Crippen LogP contribution >= 0.6 is 36.4 Å². The molecule has 2 aliphatic rings. The molecule has 1 aromatic rings. The minimum atomic E-state index is 0. The van der Waals surface area contributed by atoms with E-state index in [4.69, 9.17) is 11.6 Å². The molecule has 0 radical (unpaired) electrons. The first kappa shape index (κ1) is 20.1. The summed E-state index contributed by atoms with van der Waals surface area (Å²) in [5.41, 5.74) is 2.75. The SMILES string of the molecule is Cc1cccc(Cl)c1[C@@H](C1CCCC1)N1CCNCC1.Cl.Cl. The van der Waals surface area contributed by atoms with Gasteiger partial charge in [-0.3, -0.25) is 4.90 Å². The highest BCUT2D eigenvalue weighted by Gasteiger charge is 2.33. The number of aryl methyl sites for hydroxylation is 1. The van der Waals surface area contributed by atoms with Gasteiger partial charge in [-0.05, 0) is 42.9 Å². The molecule has 2 nitrogen and oxygen atoms in total. The second-order valence-electron chi connectivity index (χ2n) is 6.25. The van der Waals surface area contributed by atoms with Crippen LogP contribution in [0.3, 0.4) is 0 Å². The Hall–Kier alpha value is 0.01000. The summed E-state index contributed by atoms with van der Waals surface area (Å²) in [5.74, 6) is 0.784. The van der Waals surface area contributed by atoms with E-state index in [1.807, 2.05) is 0 Å². The monoisotopic (exact) mass is 364 g/mol. The Kier molecular flexibility index (Phi) is 8.52. The summed E-state index contributed by atoms with van der Waals surface area (Å²) < 4.78 is 0. The van der Waals surface area contributed by atoms with Gasteiger partial charge in [-0.15, -0.1) is 24.8 Å². The molecule has 1 saturated carbocycles. The molecule has 1 aliphatic carbocycles. The fourth-order valence-electron chi connectivity index (χ4n) is 3.97. The van der Waals surface area contributed by atoms with Gasteiger partial charge >= 0.3 is 0 Å². The summed E-state index contributed by atoms with van der Waals surface area (Å²) in [6, 6.07) is 6.87. The van der Waals surface area contributed by atoms with Crippen molar-refractivity contribution >= 4 is 36.4 Å². The molecule has 2 fully saturated rings. The molecular formula is C17H27Cl3N2. The first-order valence-corrected chi connectivity index (χ1v) is 8.35. The lowest BCUT2D eigenvalue weighted by Gasteiger charge is -2.39. The van der Waals surface area contributed by atoms with Gasteiger partial charge in [0.25, 0.3) is 0 Å². The predicted octanol–water partition coefficient (Wildman–Crippen LogP) is 4.63. The Morgan fingerprint density at radius 2 is 1.77 bits per heavy atom. The lowest BCUT2D eigenvalue weighted by molar-refractivity contribution is 0.125. The van der Waals surface area contributed by atoms with Crippen LogP contribution < -0.4 is 5.32 Å². The van der Waals surface area contributed by atoms with Crippen molar-refractivity contribution in [1.29, 1.82) is 0 Å². The van der Waals surface area contributed by atoms with E-state index in [0.717, 1.165) is 37.1 Å². The summed E-state index contributed by atoms with van der Waals surface area (Å²) in [6.07, 6.45) is 5.49. The van der Waals surface area contributed by atoms with Crippen LogP contribution in [0.25, 0.3) is 0 Å². The van der Waals surface area contributed by atoms with Crippen LogP contribution in [0.1, 0.15) is 42.9 Å². The Morgan fingerprint density at radius 1 is 1.14 bits per heavy atom. The van der Waals surface area contributed by atoms with Crippen molar-refractivity contribution in [1.82, 2.24) is 10.2 Å². The maximum atomic E-state index is 6.58. The van der Waals surface area contributed by atoms with Gasteiger partial charge in [0.1, 0.15) is 0 Å². The minimum absolute atomic E-state index is 0. The molecule has 126 valence electrons. The molecule has 5 heteroatoms. The molecule has 1 aliphatic heterocycles. The summed E-state index contributed by atoms with van der Waals surface area (Å²) >= 11 is 6.58. The van der Waals surface area contributed by atoms with Crippen molar-refractivity contribution in [2.45, 2.75) is 38.6 Å². The van der Waals surface area contributed by atoms with E-state index in [1.54, 1.807) is 0 Å².